The molecule has 3 heteroatoms. The third kappa shape index (κ3) is 2.81. The fourth-order valence-corrected chi connectivity index (χ4v) is 1.18. The van der Waals surface area contributed by atoms with Gasteiger partial charge in [-0.25, -0.2) is 0 Å². The highest BCUT2D eigenvalue weighted by Crippen LogP contribution is 2.23. The van der Waals surface area contributed by atoms with Gasteiger partial charge in [-0.2, -0.15) is 0 Å². The van der Waals surface area contributed by atoms with Gasteiger partial charge < -0.3 is 11.1 Å². The molecule has 1 aromatic rings. The minimum atomic E-state index is 0.458. The number of benzene rings is 1. The SMILES string of the molecule is CCC(C)Nc1ccc(N)c(Cl)c1. The summed E-state index contributed by atoms with van der Waals surface area (Å²) in [5.74, 6) is 0. The summed E-state index contributed by atoms with van der Waals surface area (Å²) in [7, 11) is 0. The average molecular weight is 199 g/mol. The molecule has 0 radical (unpaired) electrons. The number of anilines is 2. The molecule has 0 aliphatic heterocycles. The van der Waals surface area contributed by atoms with E-state index >= 15 is 0 Å². The van der Waals surface area contributed by atoms with Crippen molar-refractivity contribution in [3.63, 3.8) is 0 Å². The van der Waals surface area contributed by atoms with Crippen molar-refractivity contribution in [2.24, 2.45) is 0 Å². The van der Waals surface area contributed by atoms with E-state index in [0.29, 0.717) is 16.8 Å². The van der Waals surface area contributed by atoms with Gasteiger partial charge in [0.15, 0.2) is 0 Å². The van der Waals surface area contributed by atoms with Crippen LogP contribution in [0, 0.1) is 0 Å². The highest BCUT2D eigenvalue weighted by molar-refractivity contribution is 6.33. The molecule has 1 unspecified atom stereocenters. The van der Waals surface area contributed by atoms with Crippen molar-refractivity contribution >= 4 is 23.0 Å². The number of nitrogens with two attached hydrogens (primary N) is 1. The third-order valence-electron chi connectivity index (χ3n) is 2.03. The fourth-order valence-electron chi connectivity index (χ4n) is 1.00. The van der Waals surface area contributed by atoms with Crippen molar-refractivity contribution in [2.75, 3.05) is 11.1 Å². The van der Waals surface area contributed by atoms with Gasteiger partial charge in [-0.05, 0) is 31.5 Å². The van der Waals surface area contributed by atoms with E-state index in [1.165, 1.54) is 0 Å². The maximum atomic E-state index is 5.88. The first-order valence-electron chi connectivity index (χ1n) is 4.45. The number of rotatable bonds is 3. The Morgan fingerprint density at radius 2 is 2.23 bits per heavy atom. The van der Waals surface area contributed by atoms with E-state index in [9.17, 15) is 0 Å². The average Bonchev–Trinajstić information content (AvgIpc) is 2.11. The highest BCUT2D eigenvalue weighted by Gasteiger charge is 2.00. The molecule has 0 aliphatic rings. The van der Waals surface area contributed by atoms with Gasteiger partial charge in [0.2, 0.25) is 0 Å². The van der Waals surface area contributed by atoms with Crippen LogP contribution in [-0.2, 0) is 0 Å². The lowest BCUT2D eigenvalue weighted by atomic mass is 10.2. The molecular formula is C10H15ClN2. The van der Waals surface area contributed by atoms with Crippen LogP contribution < -0.4 is 11.1 Å². The van der Waals surface area contributed by atoms with Crippen LogP contribution in [0.15, 0.2) is 18.2 Å². The van der Waals surface area contributed by atoms with E-state index in [1.807, 2.05) is 18.2 Å². The van der Waals surface area contributed by atoms with Crippen molar-refractivity contribution in [1.29, 1.82) is 0 Å². The minimum absolute atomic E-state index is 0.458. The third-order valence-corrected chi connectivity index (χ3v) is 2.35. The monoisotopic (exact) mass is 198 g/mol. The van der Waals surface area contributed by atoms with Crippen LogP contribution in [0.25, 0.3) is 0 Å². The molecule has 13 heavy (non-hydrogen) atoms. The Balaban J connectivity index is 2.73. The zero-order chi connectivity index (χ0) is 9.84. The van der Waals surface area contributed by atoms with E-state index in [4.69, 9.17) is 17.3 Å². The zero-order valence-corrected chi connectivity index (χ0v) is 8.73. The molecule has 3 N–H and O–H groups in total. The fraction of sp³-hybridized carbons (Fsp3) is 0.400. The number of hydrogen-bond donors (Lipinski definition) is 2. The van der Waals surface area contributed by atoms with Crippen molar-refractivity contribution < 1.29 is 0 Å². The molecule has 72 valence electrons. The zero-order valence-electron chi connectivity index (χ0n) is 7.97. The first-order chi connectivity index (χ1) is 6.13. The standard InChI is InChI=1S/C10H15ClN2/c1-3-7(2)13-8-4-5-10(12)9(11)6-8/h4-7,13H,3,12H2,1-2H3. The normalized spacial score (nSPS) is 12.5. The predicted octanol–water partition coefficient (Wildman–Crippen LogP) is 3.13. The van der Waals surface area contributed by atoms with Gasteiger partial charge >= 0.3 is 0 Å². The first-order valence-corrected chi connectivity index (χ1v) is 4.83. The topological polar surface area (TPSA) is 38.0 Å². The van der Waals surface area contributed by atoms with Gasteiger partial charge in [-0.1, -0.05) is 18.5 Å². The van der Waals surface area contributed by atoms with Crippen LogP contribution in [0.1, 0.15) is 20.3 Å². The Morgan fingerprint density at radius 1 is 1.54 bits per heavy atom. The highest BCUT2D eigenvalue weighted by atomic mass is 35.5. The van der Waals surface area contributed by atoms with E-state index < -0.39 is 0 Å². The summed E-state index contributed by atoms with van der Waals surface area (Å²) < 4.78 is 0. The summed E-state index contributed by atoms with van der Waals surface area (Å²) in [4.78, 5) is 0. The van der Waals surface area contributed by atoms with Crippen LogP contribution in [0.3, 0.4) is 0 Å². The van der Waals surface area contributed by atoms with E-state index in [0.717, 1.165) is 12.1 Å². The number of nitrogen functional groups attached to an aromatic ring is 1. The molecule has 1 aromatic carbocycles. The number of nitrogens with one attached hydrogen (secondary N) is 1. The molecule has 0 saturated heterocycles. The largest absolute Gasteiger partial charge is 0.398 e. The molecule has 0 fully saturated rings. The molecule has 1 rings (SSSR count). The second-order valence-corrected chi connectivity index (χ2v) is 3.60. The molecule has 0 saturated carbocycles. The van der Waals surface area contributed by atoms with Gasteiger partial charge in [0.1, 0.15) is 0 Å². The minimum Gasteiger partial charge on any atom is -0.398 e. The smallest absolute Gasteiger partial charge is 0.0655 e. The molecule has 0 bridgehead atoms. The summed E-state index contributed by atoms with van der Waals surface area (Å²) in [6.45, 7) is 4.26. The summed E-state index contributed by atoms with van der Waals surface area (Å²) in [5, 5.41) is 3.92. The second kappa shape index (κ2) is 4.38. The van der Waals surface area contributed by atoms with E-state index in [1.54, 1.807) is 0 Å². The predicted molar refractivity (Wildman–Crippen MR) is 59.2 cm³/mol. The van der Waals surface area contributed by atoms with Crippen LogP contribution in [0.5, 0.6) is 0 Å². The molecule has 2 nitrogen and oxygen atoms in total. The second-order valence-electron chi connectivity index (χ2n) is 3.19. The summed E-state index contributed by atoms with van der Waals surface area (Å²) in [6, 6.07) is 6.06. The Hall–Kier alpha value is -0.890. The van der Waals surface area contributed by atoms with Crippen molar-refractivity contribution in [3.8, 4) is 0 Å². The quantitative estimate of drug-likeness (QED) is 0.733. The molecule has 0 spiro atoms. The molecule has 0 aliphatic carbocycles. The van der Waals surface area contributed by atoms with Gasteiger partial charge in [-0.15, -0.1) is 0 Å². The molecule has 1 atom stereocenters. The Kier molecular flexibility index (Phi) is 3.43. The van der Waals surface area contributed by atoms with Crippen LogP contribution in [-0.4, -0.2) is 6.04 Å². The molecule has 0 aromatic heterocycles. The first kappa shape index (κ1) is 10.2. The molecular weight excluding hydrogens is 184 g/mol. The van der Waals surface area contributed by atoms with E-state index in [-0.39, 0.29) is 0 Å². The molecule has 0 amide bonds. The Bertz CT molecular complexity index is 286. The van der Waals surface area contributed by atoms with E-state index in [2.05, 4.69) is 19.2 Å². The van der Waals surface area contributed by atoms with Crippen LogP contribution in [0.4, 0.5) is 11.4 Å². The van der Waals surface area contributed by atoms with Crippen LogP contribution >= 0.6 is 11.6 Å². The maximum absolute atomic E-state index is 5.88. The lowest BCUT2D eigenvalue weighted by molar-refractivity contribution is 0.764. The summed E-state index contributed by atoms with van der Waals surface area (Å²) in [5.41, 5.74) is 7.24. The summed E-state index contributed by atoms with van der Waals surface area (Å²) >= 11 is 5.88. The number of hydrogen-bond acceptors (Lipinski definition) is 2. The summed E-state index contributed by atoms with van der Waals surface area (Å²) in [6.07, 6.45) is 1.09. The lowest BCUT2D eigenvalue weighted by Crippen LogP contribution is -2.13. The van der Waals surface area contributed by atoms with Gasteiger partial charge in [-0.3, -0.25) is 0 Å². The van der Waals surface area contributed by atoms with Crippen LogP contribution in [0.2, 0.25) is 5.02 Å². The lowest BCUT2D eigenvalue weighted by Gasteiger charge is -2.13. The van der Waals surface area contributed by atoms with Crippen molar-refractivity contribution in [2.45, 2.75) is 26.3 Å². The Labute approximate surface area is 84.1 Å². The van der Waals surface area contributed by atoms with Crippen molar-refractivity contribution in [1.82, 2.24) is 0 Å². The Morgan fingerprint density at radius 3 is 2.77 bits per heavy atom. The molecule has 0 heterocycles. The number of halogens is 1. The van der Waals surface area contributed by atoms with Gasteiger partial charge in [0.25, 0.3) is 0 Å². The van der Waals surface area contributed by atoms with Crippen molar-refractivity contribution in [3.05, 3.63) is 23.2 Å². The van der Waals surface area contributed by atoms with Gasteiger partial charge in [0, 0.05) is 11.7 Å². The van der Waals surface area contributed by atoms with Gasteiger partial charge in [0.05, 0.1) is 10.7 Å². The maximum Gasteiger partial charge on any atom is 0.0655 e.